The van der Waals surface area contributed by atoms with Gasteiger partial charge in [0.25, 0.3) is 11.8 Å². The molecule has 1 saturated carbocycles. The van der Waals surface area contributed by atoms with E-state index in [1.807, 2.05) is 0 Å². The van der Waals surface area contributed by atoms with Gasteiger partial charge in [-0.2, -0.15) is 0 Å². The van der Waals surface area contributed by atoms with Crippen LogP contribution in [0.2, 0.25) is 0 Å². The van der Waals surface area contributed by atoms with Gasteiger partial charge in [-0.15, -0.1) is 11.6 Å². The van der Waals surface area contributed by atoms with Crippen molar-refractivity contribution in [2.45, 2.75) is 42.2 Å². The lowest BCUT2D eigenvalue weighted by molar-refractivity contribution is -0.117. The number of aliphatic hydroxyl groups excluding tert-OH is 3. The van der Waals surface area contributed by atoms with Crippen molar-refractivity contribution in [3.8, 4) is 17.2 Å². The highest BCUT2D eigenvalue weighted by Gasteiger charge is 2.54. The Labute approximate surface area is 192 Å². The van der Waals surface area contributed by atoms with Crippen LogP contribution in [0.15, 0.2) is 30.3 Å². The van der Waals surface area contributed by atoms with Crippen LogP contribution in [0, 0.1) is 0 Å². The summed E-state index contributed by atoms with van der Waals surface area (Å²) < 4.78 is 10.6. The number of carbonyl (C=O) groups is 2. The molecule has 2 aromatic rings. The van der Waals surface area contributed by atoms with Crippen LogP contribution >= 0.6 is 11.6 Å². The molecule has 11 heteroatoms. The number of aliphatic hydroxyl groups is 3. The molecule has 0 aromatic heterocycles. The highest BCUT2D eigenvalue weighted by atomic mass is 35.5. The van der Waals surface area contributed by atoms with Gasteiger partial charge in [-0.05, 0) is 29.3 Å². The van der Waals surface area contributed by atoms with Gasteiger partial charge in [-0.3, -0.25) is 9.59 Å². The first-order chi connectivity index (χ1) is 15.8. The van der Waals surface area contributed by atoms with E-state index in [0.29, 0.717) is 5.56 Å². The van der Waals surface area contributed by atoms with Crippen LogP contribution in [0.4, 0.5) is 0 Å². The van der Waals surface area contributed by atoms with E-state index in [4.69, 9.17) is 21.1 Å². The fraction of sp³-hybridized carbons (Fsp3) is 0.364. The summed E-state index contributed by atoms with van der Waals surface area (Å²) in [6.07, 6.45) is -4.73. The summed E-state index contributed by atoms with van der Waals surface area (Å²) in [6, 6.07) is 5.85. The number of phenolic OH excluding ortho intramolecular Hbond substituents is 1. The van der Waals surface area contributed by atoms with Crippen LogP contribution in [0.1, 0.15) is 37.8 Å². The highest BCUT2D eigenvalue weighted by Crippen LogP contribution is 2.50. The second-order valence-electron chi connectivity index (χ2n) is 8.25. The van der Waals surface area contributed by atoms with Crippen molar-refractivity contribution in [3.63, 3.8) is 0 Å². The standard InChI is InChI=1S/C22H21ClN2O8/c23-6-8-1-3-9(4-2-8)21(30)24-14-12-10-5-11-20(33-7-32-11)16(26)13(10)22(31)25-15(12)18(28)19(29)17(14)27/h1-5,12,14-15,17-19,26-29H,6-7H2,(H,24,30)(H,25,31)/t12-,14+,15+,17-,18-,19+/m0/s1. The van der Waals surface area contributed by atoms with Crippen molar-refractivity contribution >= 4 is 23.4 Å². The summed E-state index contributed by atoms with van der Waals surface area (Å²) in [5, 5.41) is 47.8. The van der Waals surface area contributed by atoms with E-state index in [0.717, 1.165) is 5.56 Å². The Balaban J connectivity index is 1.57. The Bertz CT molecular complexity index is 1120. The second-order valence-corrected chi connectivity index (χ2v) is 8.52. The van der Waals surface area contributed by atoms with Crippen LogP contribution in [0.3, 0.4) is 0 Å². The fourth-order valence-corrected chi connectivity index (χ4v) is 4.94. The first-order valence-corrected chi connectivity index (χ1v) is 10.8. The van der Waals surface area contributed by atoms with Crippen LogP contribution in [-0.4, -0.2) is 69.4 Å². The zero-order chi connectivity index (χ0) is 23.4. The summed E-state index contributed by atoms with van der Waals surface area (Å²) in [5.41, 5.74) is 1.25. The number of carbonyl (C=O) groups excluding carboxylic acids is 2. The molecule has 2 aliphatic heterocycles. The van der Waals surface area contributed by atoms with E-state index in [1.54, 1.807) is 24.3 Å². The molecule has 10 nitrogen and oxygen atoms in total. The molecule has 33 heavy (non-hydrogen) atoms. The monoisotopic (exact) mass is 476 g/mol. The van der Waals surface area contributed by atoms with Crippen molar-refractivity contribution in [2.75, 3.05) is 6.79 Å². The molecule has 0 bridgehead atoms. The fourth-order valence-electron chi connectivity index (χ4n) is 4.76. The van der Waals surface area contributed by atoms with Crippen molar-refractivity contribution in [3.05, 3.63) is 52.6 Å². The maximum Gasteiger partial charge on any atom is 0.255 e. The third-order valence-electron chi connectivity index (χ3n) is 6.43. The molecular formula is C22H21ClN2O8. The highest BCUT2D eigenvalue weighted by molar-refractivity contribution is 6.17. The molecule has 0 radical (unpaired) electrons. The van der Waals surface area contributed by atoms with Gasteiger partial charge in [0.2, 0.25) is 12.5 Å². The van der Waals surface area contributed by atoms with Gasteiger partial charge >= 0.3 is 0 Å². The Hall–Kier alpha value is -3.05. The molecule has 174 valence electrons. The van der Waals surface area contributed by atoms with E-state index < -0.39 is 53.9 Å². The zero-order valence-corrected chi connectivity index (χ0v) is 17.8. The third kappa shape index (κ3) is 3.37. The zero-order valence-electron chi connectivity index (χ0n) is 17.1. The predicted molar refractivity (Wildman–Crippen MR) is 113 cm³/mol. The maximum absolute atomic E-state index is 13.0. The maximum atomic E-state index is 13.0. The smallest absolute Gasteiger partial charge is 0.255 e. The largest absolute Gasteiger partial charge is 0.504 e. The van der Waals surface area contributed by atoms with E-state index >= 15 is 0 Å². The SMILES string of the molecule is O=C(N[C@H]1[C@H](O)[C@@H](O)[C@@H](O)[C@@H]2NC(=O)c3c(cc4c(c3O)OCO4)[C@@H]12)c1ccc(CCl)cc1. The molecule has 0 unspecified atom stereocenters. The number of alkyl halides is 1. The number of nitrogens with one attached hydrogen (secondary N) is 2. The summed E-state index contributed by atoms with van der Waals surface area (Å²) in [5.74, 6) is -2.06. The van der Waals surface area contributed by atoms with Crippen molar-refractivity contribution in [2.24, 2.45) is 0 Å². The van der Waals surface area contributed by atoms with E-state index in [-0.39, 0.29) is 35.3 Å². The third-order valence-corrected chi connectivity index (χ3v) is 6.74. The summed E-state index contributed by atoms with van der Waals surface area (Å²) in [7, 11) is 0. The summed E-state index contributed by atoms with van der Waals surface area (Å²) in [6.45, 7) is -0.149. The Morgan fingerprint density at radius 3 is 2.55 bits per heavy atom. The number of hydrogen-bond donors (Lipinski definition) is 6. The predicted octanol–water partition coefficient (Wildman–Crippen LogP) is -0.0498. The molecule has 6 N–H and O–H groups in total. The molecule has 1 aliphatic carbocycles. The van der Waals surface area contributed by atoms with Crippen LogP contribution in [0.25, 0.3) is 0 Å². The van der Waals surface area contributed by atoms with Gasteiger partial charge in [0.1, 0.15) is 18.3 Å². The molecule has 2 amide bonds. The second kappa shape index (κ2) is 8.07. The van der Waals surface area contributed by atoms with Crippen molar-refractivity contribution in [1.82, 2.24) is 10.6 Å². The van der Waals surface area contributed by atoms with Gasteiger partial charge in [0, 0.05) is 17.4 Å². The number of rotatable bonds is 3. The quantitative estimate of drug-likeness (QED) is 0.336. The lowest BCUT2D eigenvalue weighted by Crippen LogP contribution is -2.69. The van der Waals surface area contributed by atoms with Crippen molar-refractivity contribution in [1.29, 1.82) is 0 Å². The normalized spacial score (nSPS) is 29.6. The Morgan fingerprint density at radius 2 is 1.85 bits per heavy atom. The number of benzene rings is 2. The van der Waals surface area contributed by atoms with Gasteiger partial charge in [0.15, 0.2) is 11.5 Å². The Morgan fingerprint density at radius 1 is 1.12 bits per heavy atom. The number of aromatic hydroxyl groups is 1. The lowest BCUT2D eigenvalue weighted by atomic mass is 9.68. The summed E-state index contributed by atoms with van der Waals surface area (Å²) in [4.78, 5) is 25.8. The van der Waals surface area contributed by atoms with Gasteiger partial charge in [0.05, 0.1) is 17.6 Å². The summed E-state index contributed by atoms with van der Waals surface area (Å²) >= 11 is 5.79. The first-order valence-electron chi connectivity index (χ1n) is 10.3. The van der Waals surface area contributed by atoms with Gasteiger partial charge in [-0.25, -0.2) is 0 Å². The number of amides is 2. The van der Waals surface area contributed by atoms with Gasteiger partial charge < -0.3 is 40.5 Å². The molecule has 0 saturated heterocycles. The van der Waals surface area contributed by atoms with Crippen molar-refractivity contribution < 1.29 is 39.5 Å². The average Bonchev–Trinajstić information content (AvgIpc) is 3.29. The van der Waals surface area contributed by atoms with E-state index in [9.17, 15) is 30.0 Å². The van der Waals surface area contributed by atoms with Crippen LogP contribution in [0.5, 0.6) is 17.2 Å². The average molecular weight is 477 g/mol. The molecule has 2 aromatic carbocycles. The molecule has 2 heterocycles. The van der Waals surface area contributed by atoms with Gasteiger partial charge in [-0.1, -0.05) is 12.1 Å². The minimum absolute atomic E-state index is 0.0132. The number of ether oxygens (including phenoxy) is 2. The van der Waals surface area contributed by atoms with E-state index in [2.05, 4.69) is 10.6 Å². The van der Waals surface area contributed by atoms with E-state index in [1.165, 1.54) is 6.07 Å². The minimum atomic E-state index is -1.64. The topological polar surface area (TPSA) is 158 Å². The molecule has 0 spiro atoms. The number of phenols is 1. The minimum Gasteiger partial charge on any atom is -0.504 e. The molecule has 3 aliphatic rings. The lowest BCUT2D eigenvalue weighted by Gasteiger charge is -2.49. The number of hydrogen-bond acceptors (Lipinski definition) is 8. The first kappa shape index (κ1) is 21.8. The molecular weight excluding hydrogens is 456 g/mol. The molecule has 6 atom stereocenters. The van der Waals surface area contributed by atoms with Crippen LogP contribution < -0.4 is 20.1 Å². The number of fused-ring (bicyclic) bond motifs is 4. The molecule has 5 rings (SSSR count). The molecule has 1 fully saturated rings. The Kier molecular flexibility index (Phi) is 5.32. The van der Waals surface area contributed by atoms with Crippen LogP contribution in [-0.2, 0) is 5.88 Å². The number of halogens is 1.